The normalized spacial score (nSPS) is 12.4. The molecule has 0 saturated heterocycles. The van der Waals surface area contributed by atoms with Gasteiger partial charge in [0, 0.05) is 31.3 Å². The summed E-state index contributed by atoms with van der Waals surface area (Å²) in [6, 6.07) is 16.6. The molecule has 2 aromatic rings. The molecule has 0 aliphatic heterocycles. The summed E-state index contributed by atoms with van der Waals surface area (Å²) >= 11 is 0. The molecule has 0 aliphatic carbocycles. The Hall–Kier alpha value is -4.41. The summed E-state index contributed by atoms with van der Waals surface area (Å²) in [6.45, 7) is 5.25. The molecule has 11 heteroatoms. The first-order chi connectivity index (χ1) is 19.9. The summed E-state index contributed by atoms with van der Waals surface area (Å²) in [4.78, 5) is 61.2. The molecule has 0 saturated carbocycles. The number of nitrogens with one attached hydrogen (secondary N) is 2. The van der Waals surface area contributed by atoms with E-state index in [0.717, 1.165) is 11.1 Å². The summed E-state index contributed by atoms with van der Waals surface area (Å²) in [5.41, 5.74) is 0.850. The highest BCUT2D eigenvalue weighted by Gasteiger charge is 2.24. The van der Waals surface area contributed by atoms with Crippen molar-refractivity contribution < 1.29 is 43.3 Å². The Morgan fingerprint density at radius 2 is 1.17 bits per heavy atom. The Morgan fingerprint density at radius 1 is 0.714 bits per heavy atom. The van der Waals surface area contributed by atoms with Gasteiger partial charge in [-0.05, 0) is 44.7 Å². The predicted molar refractivity (Wildman–Crippen MR) is 153 cm³/mol. The number of ether oxygens (including phenoxy) is 3. The van der Waals surface area contributed by atoms with Crippen molar-refractivity contribution >= 4 is 29.9 Å². The van der Waals surface area contributed by atoms with Gasteiger partial charge in [-0.1, -0.05) is 60.7 Å². The van der Waals surface area contributed by atoms with E-state index in [2.05, 4.69) is 10.6 Å². The third-order valence-electron chi connectivity index (χ3n) is 5.82. The molecular formula is C31H40N2O9. The zero-order chi connectivity index (χ0) is 31.0. The molecule has 2 rings (SSSR count). The number of hydrogen-bond acceptors (Lipinski definition) is 8. The van der Waals surface area contributed by atoms with E-state index >= 15 is 0 Å². The van der Waals surface area contributed by atoms with Crippen LogP contribution in [-0.4, -0.2) is 52.7 Å². The zero-order valence-corrected chi connectivity index (χ0v) is 24.3. The average Bonchev–Trinajstić information content (AvgIpc) is 2.92. The van der Waals surface area contributed by atoms with Gasteiger partial charge in [-0.25, -0.2) is 4.79 Å². The van der Waals surface area contributed by atoms with Gasteiger partial charge in [-0.3, -0.25) is 19.2 Å². The largest absolute Gasteiger partial charge is 0.481 e. The Kier molecular flexibility index (Phi) is 14.0. The fourth-order valence-electron chi connectivity index (χ4n) is 3.85. The Balaban J connectivity index is 1.93. The highest BCUT2D eigenvalue weighted by atomic mass is 16.6. The number of esters is 2. The van der Waals surface area contributed by atoms with Gasteiger partial charge in [0.05, 0.1) is 6.42 Å². The van der Waals surface area contributed by atoms with Crippen molar-refractivity contribution in [3.8, 4) is 0 Å². The maximum Gasteiger partial charge on any atom is 0.407 e. The first-order valence-corrected chi connectivity index (χ1v) is 13.8. The number of benzene rings is 2. The molecule has 2 amide bonds. The molecule has 0 aliphatic rings. The second-order valence-corrected chi connectivity index (χ2v) is 10.8. The topological polar surface area (TPSA) is 157 Å². The van der Waals surface area contributed by atoms with Crippen molar-refractivity contribution in [2.75, 3.05) is 0 Å². The van der Waals surface area contributed by atoms with Crippen LogP contribution in [0.1, 0.15) is 70.4 Å². The van der Waals surface area contributed by atoms with Crippen LogP contribution in [0.2, 0.25) is 0 Å². The molecule has 0 fully saturated rings. The minimum Gasteiger partial charge on any atom is -0.481 e. The van der Waals surface area contributed by atoms with Crippen molar-refractivity contribution in [3.05, 3.63) is 71.8 Å². The number of carbonyl (C=O) groups excluding carboxylic acids is 4. The maximum absolute atomic E-state index is 12.9. The predicted octanol–water partition coefficient (Wildman–Crippen LogP) is 4.28. The van der Waals surface area contributed by atoms with E-state index in [-0.39, 0.29) is 45.3 Å². The number of rotatable bonds is 16. The number of aliphatic carboxylic acids is 1. The van der Waals surface area contributed by atoms with E-state index in [1.54, 1.807) is 20.8 Å². The van der Waals surface area contributed by atoms with Crippen molar-refractivity contribution in [1.82, 2.24) is 10.6 Å². The smallest absolute Gasteiger partial charge is 0.407 e. The number of alkyl carbamates (subject to hydrolysis) is 1. The van der Waals surface area contributed by atoms with Gasteiger partial charge in [0.15, 0.2) is 0 Å². The molecular weight excluding hydrogens is 544 g/mol. The van der Waals surface area contributed by atoms with Gasteiger partial charge >= 0.3 is 24.0 Å². The Bertz CT molecular complexity index is 1160. The third kappa shape index (κ3) is 15.4. The monoisotopic (exact) mass is 584 g/mol. The minimum atomic E-state index is -1.15. The lowest BCUT2D eigenvalue weighted by molar-refractivity contribution is -0.146. The molecule has 0 heterocycles. The van der Waals surface area contributed by atoms with E-state index in [1.165, 1.54) is 0 Å². The third-order valence-corrected chi connectivity index (χ3v) is 5.82. The molecule has 228 valence electrons. The molecule has 11 nitrogen and oxygen atoms in total. The van der Waals surface area contributed by atoms with Crippen LogP contribution in [-0.2, 0) is 46.6 Å². The molecule has 2 aromatic carbocycles. The standard InChI is InChI=1S/C31H40N2O9/c1-31(2,3)42-30(39)33-24(14-16-28(37)40-20-22-10-6-4-7-11-22)18-26(34)32-25(19-27(35)36)15-17-29(38)41-21-23-12-8-5-9-13-23/h4-13,24-25H,14-21H2,1-3H3,(H,32,34)(H,33,39)(H,35,36). The Morgan fingerprint density at radius 3 is 1.60 bits per heavy atom. The number of hydrogen-bond donors (Lipinski definition) is 3. The molecule has 3 N–H and O–H groups in total. The van der Waals surface area contributed by atoms with Crippen LogP contribution in [0.15, 0.2) is 60.7 Å². The minimum absolute atomic E-state index is 0.0433. The van der Waals surface area contributed by atoms with E-state index < -0.39 is 54.0 Å². The summed E-state index contributed by atoms with van der Waals surface area (Å²) in [5, 5.41) is 14.5. The van der Waals surface area contributed by atoms with Gasteiger partial charge < -0.3 is 30.0 Å². The Labute approximate surface area is 245 Å². The van der Waals surface area contributed by atoms with Crippen LogP contribution in [0.3, 0.4) is 0 Å². The van der Waals surface area contributed by atoms with Crippen LogP contribution in [0, 0.1) is 0 Å². The van der Waals surface area contributed by atoms with Crippen LogP contribution in [0.25, 0.3) is 0 Å². The molecule has 2 atom stereocenters. The van der Waals surface area contributed by atoms with Crippen LogP contribution in [0.4, 0.5) is 4.79 Å². The van der Waals surface area contributed by atoms with Crippen LogP contribution < -0.4 is 10.6 Å². The fourth-order valence-corrected chi connectivity index (χ4v) is 3.85. The van der Waals surface area contributed by atoms with Crippen LogP contribution in [0.5, 0.6) is 0 Å². The fraction of sp³-hybridized carbons (Fsp3) is 0.452. The number of carboxylic acid groups (broad SMARTS) is 1. The van der Waals surface area contributed by atoms with Gasteiger partial charge in [-0.15, -0.1) is 0 Å². The number of carboxylic acids is 1. The van der Waals surface area contributed by atoms with E-state index in [4.69, 9.17) is 14.2 Å². The average molecular weight is 585 g/mol. The first-order valence-electron chi connectivity index (χ1n) is 13.8. The SMILES string of the molecule is CC(C)(C)OC(=O)NC(CCC(=O)OCc1ccccc1)CC(=O)NC(CCC(=O)OCc1ccccc1)CC(=O)O. The molecule has 2 unspecified atom stereocenters. The van der Waals surface area contributed by atoms with E-state index in [9.17, 15) is 29.1 Å². The quantitative estimate of drug-likeness (QED) is 0.193. The summed E-state index contributed by atoms with van der Waals surface area (Å²) in [5.74, 6) is -2.74. The summed E-state index contributed by atoms with van der Waals surface area (Å²) < 4.78 is 15.8. The molecule has 0 bridgehead atoms. The zero-order valence-electron chi connectivity index (χ0n) is 24.3. The van der Waals surface area contributed by atoms with Gasteiger partial charge in [-0.2, -0.15) is 0 Å². The van der Waals surface area contributed by atoms with Crippen LogP contribution >= 0.6 is 0 Å². The van der Waals surface area contributed by atoms with Gasteiger partial charge in [0.2, 0.25) is 5.91 Å². The number of amides is 2. The van der Waals surface area contributed by atoms with Crippen molar-refractivity contribution in [1.29, 1.82) is 0 Å². The van der Waals surface area contributed by atoms with Crippen molar-refractivity contribution in [3.63, 3.8) is 0 Å². The maximum atomic E-state index is 12.9. The van der Waals surface area contributed by atoms with Crippen molar-refractivity contribution in [2.45, 2.75) is 90.2 Å². The van der Waals surface area contributed by atoms with E-state index in [1.807, 2.05) is 60.7 Å². The molecule has 0 aromatic heterocycles. The van der Waals surface area contributed by atoms with Gasteiger partial charge in [0.1, 0.15) is 18.8 Å². The first kappa shape index (κ1) is 33.8. The summed E-state index contributed by atoms with van der Waals surface area (Å²) in [7, 11) is 0. The second-order valence-electron chi connectivity index (χ2n) is 10.8. The lowest BCUT2D eigenvalue weighted by Crippen LogP contribution is -2.44. The van der Waals surface area contributed by atoms with Crippen molar-refractivity contribution in [2.24, 2.45) is 0 Å². The molecule has 42 heavy (non-hydrogen) atoms. The molecule has 0 radical (unpaired) electrons. The second kappa shape index (κ2) is 17.4. The highest BCUT2D eigenvalue weighted by molar-refractivity contribution is 5.79. The highest BCUT2D eigenvalue weighted by Crippen LogP contribution is 2.12. The van der Waals surface area contributed by atoms with Gasteiger partial charge in [0.25, 0.3) is 0 Å². The van der Waals surface area contributed by atoms with E-state index in [0.29, 0.717) is 0 Å². The lowest BCUT2D eigenvalue weighted by Gasteiger charge is -2.24. The molecule has 0 spiro atoms. The lowest BCUT2D eigenvalue weighted by atomic mass is 10.0. The number of carbonyl (C=O) groups is 5. The summed E-state index contributed by atoms with van der Waals surface area (Å²) in [6.07, 6.45) is -1.48.